The molecule has 2 N–H and O–H groups in total. The zero-order chi connectivity index (χ0) is 11.3. The first kappa shape index (κ1) is 11.8. The summed E-state index contributed by atoms with van der Waals surface area (Å²) in [7, 11) is 0. The van der Waals surface area contributed by atoms with Crippen molar-refractivity contribution < 1.29 is 17.9 Å². The molecule has 0 unspecified atom stereocenters. The molecule has 84 valence electrons. The topological polar surface area (TPSA) is 48.1 Å². The Balaban J connectivity index is 2.26. The smallest absolute Gasteiger partial charge is 0.391 e. The van der Waals surface area contributed by atoms with Gasteiger partial charge in [0, 0.05) is 11.9 Å². The molecule has 1 aromatic rings. The quantitative estimate of drug-likeness (QED) is 0.791. The van der Waals surface area contributed by atoms with E-state index in [2.05, 4.69) is 4.98 Å². The normalized spacial score (nSPS) is 11.7. The lowest BCUT2D eigenvalue weighted by Gasteiger charge is -2.06. The largest absolute Gasteiger partial charge is 0.399 e. The highest BCUT2D eigenvalue weighted by molar-refractivity contribution is 5.36. The number of hydrogen-bond acceptors (Lipinski definition) is 3. The zero-order valence-corrected chi connectivity index (χ0v) is 7.92. The molecule has 0 atom stereocenters. The van der Waals surface area contributed by atoms with Gasteiger partial charge in [0.2, 0.25) is 0 Å². The summed E-state index contributed by atoms with van der Waals surface area (Å²) in [5, 5.41) is 0. The second-order valence-electron chi connectivity index (χ2n) is 3.00. The summed E-state index contributed by atoms with van der Waals surface area (Å²) in [6.07, 6.45) is -3.64. The Morgan fingerprint density at radius 3 is 2.73 bits per heavy atom. The third-order valence-electron chi connectivity index (χ3n) is 1.62. The molecule has 0 amide bonds. The second-order valence-corrected chi connectivity index (χ2v) is 3.00. The van der Waals surface area contributed by atoms with Gasteiger partial charge >= 0.3 is 6.18 Å². The van der Waals surface area contributed by atoms with Gasteiger partial charge in [-0.2, -0.15) is 13.2 Å². The first-order chi connectivity index (χ1) is 6.97. The fourth-order valence-electron chi connectivity index (χ4n) is 0.940. The van der Waals surface area contributed by atoms with E-state index in [1.165, 1.54) is 6.20 Å². The van der Waals surface area contributed by atoms with Gasteiger partial charge in [0.05, 0.1) is 25.3 Å². The van der Waals surface area contributed by atoms with Crippen LogP contribution in [-0.2, 0) is 11.3 Å². The van der Waals surface area contributed by atoms with E-state index in [4.69, 9.17) is 10.5 Å². The minimum atomic E-state index is -4.18. The van der Waals surface area contributed by atoms with Gasteiger partial charge in [-0.25, -0.2) is 0 Å². The number of pyridine rings is 1. The number of aromatic nitrogens is 1. The fourth-order valence-corrected chi connectivity index (χ4v) is 0.940. The monoisotopic (exact) mass is 220 g/mol. The summed E-state index contributed by atoms with van der Waals surface area (Å²) in [5.74, 6) is 0. The Labute approximate surface area is 85.1 Å². The van der Waals surface area contributed by atoms with Crippen molar-refractivity contribution in [2.75, 3.05) is 12.3 Å². The maximum atomic E-state index is 11.7. The van der Waals surface area contributed by atoms with Gasteiger partial charge in [0.15, 0.2) is 0 Å². The van der Waals surface area contributed by atoms with E-state index >= 15 is 0 Å². The summed E-state index contributed by atoms with van der Waals surface area (Å²) in [6.45, 7) is -0.318. The maximum Gasteiger partial charge on any atom is 0.391 e. The molecular formula is C9H11F3N2O. The number of rotatable bonds is 4. The van der Waals surface area contributed by atoms with Crippen LogP contribution in [0, 0.1) is 0 Å². The molecule has 0 saturated carbocycles. The molecule has 6 heteroatoms. The molecule has 1 rings (SSSR count). The first-order valence-corrected chi connectivity index (χ1v) is 4.32. The van der Waals surface area contributed by atoms with Crippen LogP contribution in [0.1, 0.15) is 12.1 Å². The van der Waals surface area contributed by atoms with Gasteiger partial charge in [-0.1, -0.05) is 0 Å². The summed E-state index contributed by atoms with van der Waals surface area (Å²) in [4.78, 5) is 3.89. The van der Waals surface area contributed by atoms with Crippen LogP contribution in [0.5, 0.6) is 0 Å². The van der Waals surface area contributed by atoms with Crippen LogP contribution >= 0.6 is 0 Å². The van der Waals surface area contributed by atoms with Crippen LogP contribution in [-0.4, -0.2) is 17.8 Å². The zero-order valence-electron chi connectivity index (χ0n) is 7.92. The molecule has 0 bridgehead atoms. The van der Waals surface area contributed by atoms with E-state index in [0.717, 1.165) is 0 Å². The lowest BCUT2D eigenvalue weighted by molar-refractivity contribution is -0.146. The van der Waals surface area contributed by atoms with Crippen molar-refractivity contribution in [1.29, 1.82) is 0 Å². The van der Waals surface area contributed by atoms with E-state index in [-0.39, 0.29) is 13.2 Å². The highest BCUT2D eigenvalue weighted by atomic mass is 19.4. The van der Waals surface area contributed by atoms with Gasteiger partial charge in [-0.3, -0.25) is 4.98 Å². The number of nitrogens with zero attached hydrogens (tertiary/aromatic N) is 1. The van der Waals surface area contributed by atoms with Gasteiger partial charge in [0.25, 0.3) is 0 Å². The molecule has 0 aliphatic heterocycles. The average molecular weight is 220 g/mol. The van der Waals surface area contributed by atoms with Gasteiger partial charge in [0.1, 0.15) is 0 Å². The van der Waals surface area contributed by atoms with E-state index in [0.29, 0.717) is 11.4 Å². The van der Waals surface area contributed by atoms with Crippen LogP contribution in [0.2, 0.25) is 0 Å². The predicted octanol–water partition coefficient (Wildman–Crippen LogP) is 2.13. The van der Waals surface area contributed by atoms with Crippen molar-refractivity contribution in [3.8, 4) is 0 Å². The van der Waals surface area contributed by atoms with Crippen LogP contribution in [0.3, 0.4) is 0 Å². The minimum absolute atomic E-state index is 0.0428. The highest BCUT2D eigenvalue weighted by Gasteiger charge is 2.26. The molecule has 0 aromatic carbocycles. The summed E-state index contributed by atoms with van der Waals surface area (Å²) < 4.78 is 40.0. The predicted molar refractivity (Wildman–Crippen MR) is 49.0 cm³/mol. The number of nitrogens with two attached hydrogens (primary N) is 1. The van der Waals surface area contributed by atoms with Crippen molar-refractivity contribution in [2.45, 2.75) is 19.2 Å². The number of ether oxygens (including phenoxy) is 1. The van der Waals surface area contributed by atoms with Crippen LogP contribution < -0.4 is 5.73 Å². The van der Waals surface area contributed by atoms with E-state index in [1.54, 1.807) is 12.1 Å². The van der Waals surface area contributed by atoms with E-state index in [1.807, 2.05) is 0 Å². The van der Waals surface area contributed by atoms with Gasteiger partial charge in [-0.15, -0.1) is 0 Å². The minimum Gasteiger partial charge on any atom is -0.399 e. The Bertz CT molecular complexity index is 314. The first-order valence-electron chi connectivity index (χ1n) is 4.32. The maximum absolute atomic E-state index is 11.7. The van der Waals surface area contributed by atoms with Crippen molar-refractivity contribution in [1.82, 2.24) is 4.98 Å². The molecule has 0 aliphatic carbocycles. The molecule has 0 aliphatic rings. The van der Waals surface area contributed by atoms with Crippen LogP contribution in [0.15, 0.2) is 18.3 Å². The number of anilines is 1. The lowest BCUT2D eigenvalue weighted by atomic mass is 10.3. The van der Waals surface area contributed by atoms with E-state index < -0.39 is 12.6 Å². The molecule has 0 saturated heterocycles. The summed E-state index contributed by atoms with van der Waals surface area (Å²) in [5.41, 5.74) is 6.50. The van der Waals surface area contributed by atoms with Crippen molar-refractivity contribution in [3.63, 3.8) is 0 Å². The Hall–Kier alpha value is -1.30. The van der Waals surface area contributed by atoms with Crippen LogP contribution in [0.4, 0.5) is 18.9 Å². The molecule has 3 nitrogen and oxygen atoms in total. The van der Waals surface area contributed by atoms with Crippen molar-refractivity contribution >= 4 is 5.69 Å². The molecule has 0 radical (unpaired) electrons. The second kappa shape index (κ2) is 4.97. The molecule has 0 spiro atoms. The Morgan fingerprint density at radius 1 is 1.40 bits per heavy atom. The lowest BCUT2D eigenvalue weighted by Crippen LogP contribution is -2.11. The fraction of sp³-hybridized carbons (Fsp3) is 0.444. The Morgan fingerprint density at radius 2 is 2.13 bits per heavy atom. The third kappa shape index (κ3) is 5.21. The summed E-state index contributed by atoms with van der Waals surface area (Å²) >= 11 is 0. The average Bonchev–Trinajstić information content (AvgIpc) is 2.11. The van der Waals surface area contributed by atoms with Crippen molar-refractivity contribution in [3.05, 3.63) is 24.0 Å². The van der Waals surface area contributed by atoms with E-state index in [9.17, 15) is 13.2 Å². The van der Waals surface area contributed by atoms with Gasteiger partial charge in [-0.05, 0) is 12.1 Å². The van der Waals surface area contributed by atoms with Crippen LogP contribution in [0.25, 0.3) is 0 Å². The van der Waals surface area contributed by atoms with Gasteiger partial charge < -0.3 is 10.5 Å². The number of hydrogen-bond donors (Lipinski definition) is 1. The Kier molecular flexibility index (Phi) is 3.90. The molecule has 1 aromatic heterocycles. The highest BCUT2D eigenvalue weighted by Crippen LogP contribution is 2.19. The third-order valence-corrected chi connectivity index (χ3v) is 1.62. The standard InChI is InChI=1S/C9H11F3N2O/c10-9(11,12)2-4-15-6-8-5-7(13)1-3-14-8/h1,3,5H,2,4,6H2,(H2,13,14). The number of halogens is 3. The molecular weight excluding hydrogens is 209 g/mol. The van der Waals surface area contributed by atoms with Crippen molar-refractivity contribution in [2.24, 2.45) is 0 Å². The molecule has 0 fully saturated rings. The molecule has 15 heavy (non-hydrogen) atoms. The molecule has 1 heterocycles. The number of nitrogen functional groups attached to an aromatic ring is 1. The SMILES string of the molecule is Nc1ccnc(COCCC(F)(F)F)c1. The summed E-state index contributed by atoms with van der Waals surface area (Å²) in [6, 6.07) is 3.16. The number of alkyl halides is 3.